The molecule has 1 saturated carbocycles. The normalized spacial score (nSPS) is 17.5. The van der Waals surface area contributed by atoms with Crippen molar-refractivity contribution < 1.29 is 18.5 Å². The van der Waals surface area contributed by atoms with E-state index in [0.717, 1.165) is 17.3 Å². The number of carbonyl (C=O) groups is 1. The smallest absolute Gasteiger partial charge is 0.442 e. The summed E-state index contributed by atoms with van der Waals surface area (Å²) < 4.78 is 28.6. The molecule has 0 spiro atoms. The molecule has 1 aliphatic rings. The van der Waals surface area contributed by atoms with E-state index in [9.17, 15) is 9.00 Å². The number of rotatable bonds is 3. The summed E-state index contributed by atoms with van der Waals surface area (Å²) in [4.78, 5) is 12.5. The molecule has 0 aromatic heterocycles. The molecule has 1 unspecified atom stereocenters. The molecule has 0 bridgehead atoms. The number of ether oxygens (including phenoxy) is 2. The minimum absolute atomic E-state index is 0.136. The summed E-state index contributed by atoms with van der Waals surface area (Å²) in [5.41, 5.74) is -0.675. The second-order valence-corrected chi connectivity index (χ2v) is 9.48. The lowest BCUT2D eigenvalue weighted by Gasteiger charge is -2.19. The lowest BCUT2D eigenvalue weighted by atomic mass is 10.2. The van der Waals surface area contributed by atoms with Crippen LogP contribution in [-0.2, 0) is 14.5 Å². The zero-order valence-electron chi connectivity index (χ0n) is 13.1. The molecule has 0 radical (unpaired) electrons. The van der Waals surface area contributed by atoms with Crippen molar-refractivity contribution >= 4 is 31.8 Å². The maximum absolute atomic E-state index is 13.4. The summed E-state index contributed by atoms with van der Waals surface area (Å²) in [7, 11) is -1.41. The standard InChI is InChI=1S/C15H20BrNO4S/c1-15(2,3)21-14(18)17-22(19,11-6-7-11)13-9-10(16)5-8-12(13)20-4/h5,8-9,11H,6-7H2,1-4H3. The highest BCUT2D eigenvalue weighted by molar-refractivity contribution is 9.10. The predicted molar refractivity (Wildman–Crippen MR) is 88.8 cm³/mol. The first kappa shape index (κ1) is 17.3. The SMILES string of the molecule is COc1ccc(Br)cc1S(=O)(=NC(=O)OC(C)(C)C)C1CC1. The third kappa shape index (κ3) is 4.01. The van der Waals surface area contributed by atoms with Gasteiger partial charge in [-0.2, -0.15) is 0 Å². The van der Waals surface area contributed by atoms with Gasteiger partial charge in [-0.3, -0.25) is 0 Å². The number of hydrogen-bond acceptors (Lipinski definition) is 4. The fraction of sp³-hybridized carbons (Fsp3) is 0.533. The van der Waals surface area contributed by atoms with Crippen LogP contribution < -0.4 is 4.74 Å². The highest BCUT2D eigenvalue weighted by Crippen LogP contribution is 2.40. The van der Waals surface area contributed by atoms with Crippen molar-refractivity contribution in [1.29, 1.82) is 0 Å². The Morgan fingerprint density at radius 2 is 2.00 bits per heavy atom. The van der Waals surface area contributed by atoms with Gasteiger partial charge in [0.2, 0.25) is 0 Å². The molecule has 1 aromatic rings. The van der Waals surface area contributed by atoms with Crippen molar-refractivity contribution in [1.82, 2.24) is 0 Å². The Labute approximate surface area is 139 Å². The van der Waals surface area contributed by atoms with Crippen LogP contribution in [0.25, 0.3) is 0 Å². The van der Waals surface area contributed by atoms with E-state index in [1.807, 2.05) is 0 Å². The molecule has 22 heavy (non-hydrogen) atoms. The fourth-order valence-electron chi connectivity index (χ4n) is 1.96. The van der Waals surface area contributed by atoms with Crippen LogP contribution >= 0.6 is 15.9 Å². The van der Waals surface area contributed by atoms with Crippen LogP contribution in [0, 0.1) is 0 Å². The van der Waals surface area contributed by atoms with Crippen LogP contribution in [0.3, 0.4) is 0 Å². The number of hydrogen-bond donors (Lipinski definition) is 0. The Morgan fingerprint density at radius 3 is 2.50 bits per heavy atom. The minimum atomic E-state index is -2.91. The van der Waals surface area contributed by atoms with Crippen molar-refractivity contribution in [3.05, 3.63) is 22.7 Å². The summed E-state index contributed by atoms with van der Waals surface area (Å²) in [6, 6.07) is 5.21. The molecule has 1 amide bonds. The van der Waals surface area contributed by atoms with Crippen LogP contribution in [0.15, 0.2) is 31.9 Å². The van der Waals surface area contributed by atoms with Gasteiger partial charge in [0.25, 0.3) is 0 Å². The van der Waals surface area contributed by atoms with E-state index in [0.29, 0.717) is 10.6 Å². The molecule has 0 saturated heterocycles. The predicted octanol–water partition coefficient (Wildman–Crippen LogP) is 4.38. The molecular weight excluding hydrogens is 370 g/mol. The Morgan fingerprint density at radius 1 is 1.36 bits per heavy atom. The van der Waals surface area contributed by atoms with E-state index >= 15 is 0 Å². The van der Waals surface area contributed by atoms with Crippen molar-refractivity contribution in [2.24, 2.45) is 4.36 Å². The van der Waals surface area contributed by atoms with Crippen LogP contribution in [0.1, 0.15) is 33.6 Å². The average molecular weight is 390 g/mol. The zero-order chi connectivity index (χ0) is 16.5. The molecule has 1 atom stereocenters. The van der Waals surface area contributed by atoms with Crippen molar-refractivity contribution in [2.45, 2.75) is 49.4 Å². The molecule has 0 N–H and O–H groups in total. The highest BCUT2D eigenvalue weighted by atomic mass is 79.9. The van der Waals surface area contributed by atoms with Gasteiger partial charge in [0.1, 0.15) is 11.4 Å². The molecule has 1 aromatic carbocycles. The largest absolute Gasteiger partial charge is 0.495 e. The third-order valence-corrected chi connectivity index (χ3v) is 6.26. The lowest BCUT2D eigenvalue weighted by molar-refractivity contribution is 0.0607. The second kappa shape index (κ2) is 6.20. The van der Waals surface area contributed by atoms with E-state index in [1.54, 1.807) is 39.0 Å². The summed E-state index contributed by atoms with van der Waals surface area (Å²) in [5.74, 6) is 0.465. The first-order chi connectivity index (χ1) is 10.2. The first-order valence-corrected chi connectivity index (χ1v) is 9.35. The molecule has 5 nitrogen and oxygen atoms in total. The number of halogens is 1. The average Bonchev–Trinajstić information content (AvgIpc) is 3.20. The number of nitrogens with zero attached hydrogens (tertiary/aromatic N) is 1. The maximum atomic E-state index is 13.4. The van der Waals surface area contributed by atoms with Crippen LogP contribution in [-0.4, -0.2) is 28.3 Å². The molecule has 1 aliphatic carbocycles. The van der Waals surface area contributed by atoms with E-state index in [2.05, 4.69) is 20.3 Å². The van der Waals surface area contributed by atoms with Gasteiger partial charge in [-0.25, -0.2) is 9.00 Å². The Balaban J connectivity index is 2.52. The molecule has 1 fully saturated rings. The minimum Gasteiger partial charge on any atom is -0.495 e. The van der Waals surface area contributed by atoms with Gasteiger partial charge >= 0.3 is 6.09 Å². The Hall–Kier alpha value is -1.08. The molecule has 122 valence electrons. The van der Waals surface area contributed by atoms with Crippen molar-refractivity contribution in [2.75, 3.05) is 7.11 Å². The van der Waals surface area contributed by atoms with E-state index in [4.69, 9.17) is 9.47 Å². The van der Waals surface area contributed by atoms with Gasteiger partial charge in [-0.05, 0) is 51.8 Å². The van der Waals surface area contributed by atoms with Crippen LogP contribution in [0.2, 0.25) is 0 Å². The first-order valence-electron chi connectivity index (χ1n) is 6.98. The molecular formula is C15H20BrNO4S. The number of amides is 1. The lowest BCUT2D eigenvalue weighted by Crippen LogP contribution is -2.23. The van der Waals surface area contributed by atoms with Gasteiger partial charge < -0.3 is 9.47 Å². The second-order valence-electron chi connectivity index (χ2n) is 6.13. The molecule has 2 rings (SSSR count). The summed E-state index contributed by atoms with van der Waals surface area (Å²) in [5, 5.41) is -0.136. The van der Waals surface area contributed by atoms with Crippen LogP contribution in [0.5, 0.6) is 5.75 Å². The quantitative estimate of drug-likeness (QED) is 0.768. The number of benzene rings is 1. The van der Waals surface area contributed by atoms with Gasteiger partial charge in [-0.1, -0.05) is 15.9 Å². The van der Waals surface area contributed by atoms with Gasteiger partial charge in [0, 0.05) is 9.72 Å². The van der Waals surface area contributed by atoms with Gasteiger partial charge in [0.05, 0.1) is 21.7 Å². The van der Waals surface area contributed by atoms with E-state index in [-0.39, 0.29) is 5.25 Å². The molecule has 7 heteroatoms. The topological polar surface area (TPSA) is 65.0 Å². The Bertz CT molecular complexity index is 698. The third-order valence-electron chi connectivity index (χ3n) is 3.02. The summed E-state index contributed by atoms with van der Waals surface area (Å²) in [6.07, 6.45) is 0.758. The number of carbonyl (C=O) groups excluding carboxylic acids is 1. The summed E-state index contributed by atoms with van der Waals surface area (Å²) >= 11 is 3.36. The highest BCUT2D eigenvalue weighted by Gasteiger charge is 2.38. The fourth-order valence-corrected chi connectivity index (χ4v) is 4.85. The number of methoxy groups -OCH3 is 1. The maximum Gasteiger partial charge on any atom is 0.442 e. The molecule has 0 aliphatic heterocycles. The summed E-state index contributed by atoms with van der Waals surface area (Å²) in [6.45, 7) is 5.25. The van der Waals surface area contributed by atoms with Crippen molar-refractivity contribution in [3.63, 3.8) is 0 Å². The monoisotopic (exact) mass is 389 g/mol. The molecule has 0 heterocycles. The Kier molecular flexibility index (Phi) is 4.87. The van der Waals surface area contributed by atoms with Crippen molar-refractivity contribution in [3.8, 4) is 5.75 Å². The van der Waals surface area contributed by atoms with E-state index < -0.39 is 21.4 Å². The van der Waals surface area contributed by atoms with Gasteiger partial charge in [0.15, 0.2) is 0 Å². The van der Waals surface area contributed by atoms with E-state index in [1.165, 1.54) is 7.11 Å². The van der Waals surface area contributed by atoms with Crippen LogP contribution in [0.4, 0.5) is 4.79 Å². The van der Waals surface area contributed by atoms with Gasteiger partial charge in [-0.15, -0.1) is 4.36 Å². The zero-order valence-corrected chi connectivity index (χ0v) is 15.5.